The lowest BCUT2D eigenvalue weighted by Crippen LogP contribution is -2.58. The number of primary amides is 1. The highest BCUT2D eigenvalue weighted by Crippen LogP contribution is 2.08. The van der Waals surface area contributed by atoms with Crippen LogP contribution in [0.5, 0.6) is 0 Å². The Labute approximate surface area is 203 Å². The van der Waals surface area contributed by atoms with E-state index in [0.717, 1.165) is 0 Å². The number of carboxylic acid groups (broad SMARTS) is 2. The van der Waals surface area contributed by atoms with Crippen LogP contribution < -0.4 is 33.2 Å². The number of unbranched alkanes of at least 4 members (excludes halogenated alkanes) is 1. The second-order valence-corrected chi connectivity index (χ2v) is 8.52. The zero-order valence-corrected chi connectivity index (χ0v) is 20.1. The Bertz CT molecular complexity index is 760. The summed E-state index contributed by atoms with van der Waals surface area (Å²) < 4.78 is 0. The summed E-state index contributed by atoms with van der Waals surface area (Å²) in [6.45, 7) is 3.62. The number of aliphatic carboxylic acids is 2. The van der Waals surface area contributed by atoms with Gasteiger partial charge in [0.1, 0.15) is 18.1 Å². The summed E-state index contributed by atoms with van der Waals surface area (Å²) in [4.78, 5) is 71.4. The molecule has 4 unspecified atom stereocenters. The number of hydrogen-bond acceptors (Lipinski definition) is 8. The van der Waals surface area contributed by atoms with Crippen molar-refractivity contribution in [2.75, 3.05) is 6.54 Å². The standard InChI is InChI=1S/C21H38N6O8/c1-11(2)17(20(33)26-14(21(34)35)5-3-4-10-22)27-19(32)13(7-9-16(29)30)25-18(31)12(23)6-8-15(24)28/h11-14,17H,3-10,22-23H2,1-2H3,(H2,24,28)(H,25,31)(H,26,33)(H,27,32)(H,29,30)(H,34,35). The number of nitrogens with one attached hydrogen (secondary N) is 3. The van der Waals surface area contributed by atoms with Crippen molar-refractivity contribution in [1.29, 1.82) is 0 Å². The Morgan fingerprint density at radius 1 is 0.771 bits per heavy atom. The summed E-state index contributed by atoms with van der Waals surface area (Å²) in [5.74, 6) is -5.96. The third-order valence-electron chi connectivity index (χ3n) is 5.13. The summed E-state index contributed by atoms with van der Waals surface area (Å²) in [7, 11) is 0. The maximum absolute atomic E-state index is 12.9. The Morgan fingerprint density at radius 2 is 1.37 bits per heavy atom. The van der Waals surface area contributed by atoms with E-state index in [1.54, 1.807) is 13.8 Å². The van der Waals surface area contributed by atoms with Crippen molar-refractivity contribution in [3.63, 3.8) is 0 Å². The van der Waals surface area contributed by atoms with Crippen LogP contribution in [-0.4, -0.2) is 76.5 Å². The van der Waals surface area contributed by atoms with E-state index in [2.05, 4.69) is 16.0 Å². The van der Waals surface area contributed by atoms with Gasteiger partial charge in [0.25, 0.3) is 0 Å². The van der Waals surface area contributed by atoms with Crippen molar-refractivity contribution in [3.8, 4) is 0 Å². The fraction of sp³-hybridized carbons (Fsp3) is 0.714. The summed E-state index contributed by atoms with van der Waals surface area (Å²) in [5.41, 5.74) is 16.2. The molecule has 11 N–H and O–H groups in total. The molecule has 0 saturated heterocycles. The van der Waals surface area contributed by atoms with Crippen LogP contribution in [0.2, 0.25) is 0 Å². The molecule has 14 nitrogen and oxygen atoms in total. The van der Waals surface area contributed by atoms with Crippen LogP contribution in [-0.2, 0) is 28.8 Å². The van der Waals surface area contributed by atoms with Crippen molar-refractivity contribution in [3.05, 3.63) is 0 Å². The summed E-state index contributed by atoms with van der Waals surface area (Å²) >= 11 is 0. The third-order valence-corrected chi connectivity index (χ3v) is 5.13. The van der Waals surface area contributed by atoms with Gasteiger partial charge in [-0.15, -0.1) is 0 Å². The van der Waals surface area contributed by atoms with Gasteiger partial charge in [-0.3, -0.25) is 24.0 Å². The van der Waals surface area contributed by atoms with Gasteiger partial charge in [0, 0.05) is 12.8 Å². The molecular formula is C21H38N6O8. The molecular weight excluding hydrogens is 464 g/mol. The normalized spacial score (nSPS) is 14.3. The molecule has 0 spiro atoms. The second kappa shape index (κ2) is 16.4. The number of hydrogen-bond donors (Lipinski definition) is 8. The molecule has 0 heterocycles. The van der Waals surface area contributed by atoms with Crippen LogP contribution in [0.1, 0.15) is 58.8 Å². The van der Waals surface area contributed by atoms with Crippen LogP contribution in [0.15, 0.2) is 0 Å². The number of carbonyl (C=O) groups is 6. The van der Waals surface area contributed by atoms with Crippen LogP contribution in [0, 0.1) is 5.92 Å². The molecule has 0 fully saturated rings. The molecule has 4 atom stereocenters. The first-order valence-electron chi connectivity index (χ1n) is 11.4. The van der Waals surface area contributed by atoms with Crippen molar-refractivity contribution >= 4 is 35.6 Å². The van der Waals surface area contributed by atoms with E-state index < -0.39 is 72.1 Å². The molecule has 0 aromatic rings. The maximum atomic E-state index is 12.9. The predicted molar refractivity (Wildman–Crippen MR) is 124 cm³/mol. The van der Waals surface area contributed by atoms with Gasteiger partial charge in [-0.05, 0) is 44.6 Å². The average molecular weight is 503 g/mol. The molecule has 0 radical (unpaired) electrons. The summed E-state index contributed by atoms with van der Waals surface area (Å²) in [6.07, 6.45) is 0.215. The molecule has 35 heavy (non-hydrogen) atoms. The highest BCUT2D eigenvalue weighted by atomic mass is 16.4. The van der Waals surface area contributed by atoms with E-state index in [1.165, 1.54) is 0 Å². The minimum absolute atomic E-state index is 0.0772. The molecule has 0 saturated carbocycles. The Balaban J connectivity index is 5.42. The fourth-order valence-electron chi connectivity index (χ4n) is 3.04. The van der Waals surface area contributed by atoms with Crippen LogP contribution in [0.4, 0.5) is 0 Å². The maximum Gasteiger partial charge on any atom is 0.326 e. The monoisotopic (exact) mass is 502 g/mol. The van der Waals surface area contributed by atoms with Crippen molar-refractivity contribution < 1.29 is 39.0 Å². The molecule has 4 amide bonds. The lowest BCUT2D eigenvalue weighted by Gasteiger charge is -2.27. The quantitative estimate of drug-likeness (QED) is 0.0935. The molecule has 0 aliphatic rings. The summed E-state index contributed by atoms with van der Waals surface area (Å²) in [5, 5.41) is 25.6. The lowest BCUT2D eigenvalue weighted by molar-refractivity contribution is -0.143. The minimum Gasteiger partial charge on any atom is -0.481 e. The van der Waals surface area contributed by atoms with E-state index in [4.69, 9.17) is 22.3 Å². The third kappa shape index (κ3) is 13.3. The number of carboxylic acids is 2. The van der Waals surface area contributed by atoms with Crippen molar-refractivity contribution in [2.45, 2.75) is 83.0 Å². The first-order valence-corrected chi connectivity index (χ1v) is 11.4. The zero-order valence-electron chi connectivity index (χ0n) is 20.1. The van der Waals surface area contributed by atoms with Crippen LogP contribution in [0.25, 0.3) is 0 Å². The van der Waals surface area contributed by atoms with Gasteiger partial charge in [-0.1, -0.05) is 13.8 Å². The highest BCUT2D eigenvalue weighted by Gasteiger charge is 2.32. The number of nitrogens with two attached hydrogens (primary N) is 3. The average Bonchev–Trinajstić information content (AvgIpc) is 2.76. The topological polar surface area (TPSA) is 257 Å². The Morgan fingerprint density at radius 3 is 1.86 bits per heavy atom. The molecule has 0 bridgehead atoms. The fourth-order valence-corrected chi connectivity index (χ4v) is 3.04. The molecule has 0 rings (SSSR count). The molecule has 0 aromatic heterocycles. The molecule has 0 aliphatic carbocycles. The Hall–Kier alpha value is -3.26. The largest absolute Gasteiger partial charge is 0.481 e. The van der Waals surface area contributed by atoms with E-state index in [-0.39, 0.29) is 25.7 Å². The van der Waals surface area contributed by atoms with Gasteiger partial charge in [-0.2, -0.15) is 0 Å². The number of carbonyl (C=O) groups excluding carboxylic acids is 4. The SMILES string of the molecule is CC(C)C(NC(=O)C(CCC(=O)O)NC(=O)C(N)CCC(N)=O)C(=O)NC(CCCCN)C(=O)O. The minimum atomic E-state index is -1.34. The first kappa shape index (κ1) is 31.7. The van der Waals surface area contributed by atoms with E-state index in [9.17, 15) is 33.9 Å². The number of amides is 4. The van der Waals surface area contributed by atoms with Crippen molar-refractivity contribution in [1.82, 2.24) is 16.0 Å². The van der Waals surface area contributed by atoms with E-state index in [0.29, 0.717) is 19.4 Å². The van der Waals surface area contributed by atoms with Gasteiger partial charge in [0.15, 0.2) is 0 Å². The van der Waals surface area contributed by atoms with Gasteiger partial charge in [0.05, 0.1) is 6.04 Å². The molecule has 0 aliphatic heterocycles. The van der Waals surface area contributed by atoms with Gasteiger partial charge < -0.3 is 43.4 Å². The van der Waals surface area contributed by atoms with Crippen LogP contribution >= 0.6 is 0 Å². The van der Waals surface area contributed by atoms with Gasteiger partial charge >= 0.3 is 11.9 Å². The molecule has 200 valence electrons. The lowest BCUT2D eigenvalue weighted by atomic mass is 10.0. The Kier molecular flexibility index (Phi) is 14.9. The van der Waals surface area contributed by atoms with E-state index >= 15 is 0 Å². The van der Waals surface area contributed by atoms with Gasteiger partial charge in [0.2, 0.25) is 23.6 Å². The van der Waals surface area contributed by atoms with E-state index in [1.807, 2.05) is 0 Å². The predicted octanol–water partition coefficient (Wildman–Crippen LogP) is -2.23. The second-order valence-electron chi connectivity index (χ2n) is 8.52. The van der Waals surface area contributed by atoms with Gasteiger partial charge in [-0.25, -0.2) is 4.79 Å². The smallest absolute Gasteiger partial charge is 0.326 e. The number of rotatable bonds is 18. The molecule has 0 aromatic carbocycles. The summed E-state index contributed by atoms with van der Waals surface area (Å²) in [6, 6.07) is -4.85. The highest BCUT2D eigenvalue weighted by molar-refractivity contribution is 5.94. The molecule has 14 heteroatoms. The zero-order chi connectivity index (χ0) is 27.1. The van der Waals surface area contributed by atoms with Crippen LogP contribution in [0.3, 0.4) is 0 Å². The van der Waals surface area contributed by atoms with Crippen molar-refractivity contribution in [2.24, 2.45) is 23.1 Å². The first-order chi connectivity index (χ1) is 16.3.